The Morgan fingerprint density at radius 3 is 2.54 bits per heavy atom. The number of amides is 1. The lowest BCUT2D eigenvalue weighted by Crippen LogP contribution is -2.37. The molecule has 2 aromatic carbocycles. The Morgan fingerprint density at radius 1 is 1.12 bits per heavy atom. The topological polar surface area (TPSA) is 47.6 Å². The van der Waals surface area contributed by atoms with Crippen molar-refractivity contribution in [1.29, 1.82) is 0 Å². The monoisotopic (exact) mass is 375 g/mol. The van der Waals surface area contributed by atoms with Crippen molar-refractivity contribution >= 4 is 17.5 Å². The lowest BCUT2D eigenvalue weighted by Gasteiger charge is -2.16. The lowest BCUT2D eigenvalue weighted by molar-refractivity contribution is -0.127. The van der Waals surface area contributed by atoms with Gasteiger partial charge in [-0.2, -0.15) is 0 Å². The maximum absolute atomic E-state index is 12.2. The Hall–Kier alpha value is -2.20. The van der Waals surface area contributed by atoms with Crippen LogP contribution in [-0.2, 0) is 11.2 Å². The minimum atomic E-state index is -0.602. The van der Waals surface area contributed by atoms with Gasteiger partial charge in [0.15, 0.2) is 6.10 Å². The van der Waals surface area contributed by atoms with Crippen LogP contribution in [0.4, 0.5) is 0 Å². The molecule has 0 spiro atoms. The zero-order chi connectivity index (χ0) is 18.8. The van der Waals surface area contributed by atoms with Crippen LogP contribution in [-0.4, -0.2) is 25.2 Å². The minimum absolute atomic E-state index is 0.152. The summed E-state index contributed by atoms with van der Waals surface area (Å²) in [5.41, 5.74) is 1.16. The molecule has 2 aromatic rings. The van der Waals surface area contributed by atoms with Crippen molar-refractivity contribution in [3.05, 3.63) is 59.1 Å². The molecule has 0 saturated carbocycles. The minimum Gasteiger partial charge on any atom is -0.493 e. The van der Waals surface area contributed by atoms with Crippen molar-refractivity contribution < 1.29 is 14.3 Å². The highest BCUT2D eigenvalue weighted by Crippen LogP contribution is 2.24. The zero-order valence-corrected chi connectivity index (χ0v) is 16.1. The van der Waals surface area contributed by atoms with Gasteiger partial charge in [-0.05, 0) is 49.9 Å². The van der Waals surface area contributed by atoms with E-state index in [1.165, 1.54) is 0 Å². The molecule has 4 nitrogen and oxygen atoms in total. The first kappa shape index (κ1) is 20.1. The molecule has 0 aliphatic heterocycles. The van der Waals surface area contributed by atoms with E-state index < -0.39 is 6.10 Å². The molecule has 0 unspecified atom stereocenters. The van der Waals surface area contributed by atoms with E-state index in [1.54, 1.807) is 19.1 Å². The normalized spacial score (nSPS) is 11.7. The van der Waals surface area contributed by atoms with Gasteiger partial charge in [-0.15, -0.1) is 0 Å². The number of halogens is 1. The van der Waals surface area contributed by atoms with Crippen LogP contribution in [0, 0.1) is 0 Å². The van der Waals surface area contributed by atoms with E-state index in [0.717, 1.165) is 30.6 Å². The van der Waals surface area contributed by atoms with Gasteiger partial charge in [0.25, 0.3) is 5.91 Å². The van der Waals surface area contributed by atoms with Gasteiger partial charge in [0.2, 0.25) is 0 Å². The number of nitrogens with one attached hydrogen (secondary N) is 1. The first-order valence-corrected chi connectivity index (χ1v) is 9.39. The third-order valence-electron chi connectivity index (χ3n) is 3.87. The maximum Gasteiger partial charge on any atom is 0.260 e. The van der Waals surface area contributed by atoms with Gasteiger partial charge in [0, 0.05) is 6.54 Å². The highest BCUT2D eigenvalue weighted by molar-refractivity contribution is 6.32. The molecule has 0 fully saturated rings. The number of hydrogen-bond acceptors (Lipinski definition) is 3. The van der Waals surface area contributed by atoms with Crippen LogP contribution >= 0.6 is 11.6 Å². The van der Waals surface area contributed by atoms with E-state index in [-0.39, 0.29) is 5.91 Å². The SMILES string of the molecule is CCCOc1ccccc1CCCNC(=O)[C@H](C)Oc1ccccc1Cl. The van der Waals surface area contributed by atoms with Crippen molar-refractivity contribution in [3.8, 4) is 11.5 Å². The third-order valence-corrected chi connectivity index (χ3v) is 4.18. The number of benzene rings is 2. The number of carbonyl (C=O) groups is 1. The van der Waals surface area contributed by atoms with Gasteiger partial charge in [-0.25, -0.2) is 0 Å². The third kappa shape index (κ3) is 6.26. The number of aryl methyl sites for hydroxylation is 1. The van der Waals surface area contributed by atoms with Gasteiger partial charge in [-0.1, -0.05) is 48.9 Å². The van der Waals surface area contributed by atoms with Crippen LogP contribution in [0.25, 0.3) is 0 Å². The summed E-state index contributed by atoms with van der Waals surface area (Å²) in [5.74, 6) is 1.29. The van der Waals surface area contributed by atoms with Crippen LogP contribution in [0.3, 0.4) is 0 Å². The van der Waals surface area contributed by atoms with E-state index in [4.69, 9.17) is 21.1 Å². The molecule has 26 heavy (non-hydrogen) atoms. The molecular formula is C21H26ClNO3. The van der Waals surface area contributed by atoms with Crippen LogP contribution in [0.15, 0.2) is 48.5 Å². The molecule has 0 aromatic heterocycles. The molecule has 0 aliphatic carbocycles. The number of hydrogen-bond donors (Lipinski definition) is 1. The summed E-state index contributed by atoms with van der Waals surface area (Å²) < 4.78 is 11.4. The quantitative estimate of drug-likeness (QED) is 0.615. The summed E-state index contributed by atoms with van der Waals surface area (Å²) in [5, 5.41) is 3.40. The molecule has 5 heteroatoms. The van der Waals surface area contributed by atoms with Gasteiger partial charge >= 0.3 is 0 Å². The Labute approximate surface area is 160 Å². The molecule has 0 heterocycles. The first-order valence-electron chi connectivity index (χ1n) is 9.01. The second kappa shape index (κ2) is 10.7. The summed E-state index contributed by atoms with van der Waals surface area (Å²) >= 11 is 6.05. The fourth-order valence-electron chi connectivity index (χ4n) is 2.48. The van der Waals surface area contributed by atoms with E-state index >= 15 is 0 Å². The molecule has 0 radical (unpaired) electrons. The summed E-state index contributed by atoms with van der Waals surface area (Å²) in [7, 11) is 0. The van der Waals surface area contributed by atoms with Crippen LogP contribution in [0.1, 0.15) is 32.3 Å². The van der Waals surface area contributed by atoms with E-state index in [1.807, 2.05) is 30.3 Å². The average molecular weight is 376 g/mol. The van der Waals surface area contributed by atoms with Crippen LogP contribution in [0.5, 0.6) is 11.5 Å². The van der Waals surface area contributed by atoms with Crippen molar-refractivity contribution in [2.24, 2.45) is 0 Å². The first-order chi connectivity index (χ1) is 12.6. The van der Waals surface area contributed by atoms with Crippen molar-refractivity contribution in [3.63, 3.8) is 0 Å². The predicted octanol–water partition coefficient (Wildman–Crippen LogP) is 4.65. The van der Waals surface area contributed by atoms with Crippen molar-refractivity contribution in [2.75, 3.05) is 13.2 Å². The largest absolute Gasteiger partial charge is 0.493 e. The fraction of sp³-hybridized carbons (Fsp3) is 0.381. The molecule has 2 rings (SSSR count). The Bertz CT molecular complexity index is 705. The smallest absolute Gasteiger partial charge is 0.260 e. The average Bonchev–Trinajstić information content (AvgIpc) is 2.65. The van der Waals surface area contributed by atoms with Gasteiger partial charge in [0.05, 0.1) is 11.6 Å². The van der Waals surface area contributed by atoms with Gasteiger partial charge in [0.1, 0.15) is 11.5 Å². The second-order valence-electron chi connectivity index (χ2n) is 6.04. The molecule has 0 aliphatic rings. The van der Waals surface area contributed by atoms with Gasteiger partial charge < -0.3 is 14.8 Å². The molecule has 0 saturated heterocycles. The Balaban J connectivity index is 1.75. The Kier molecular flexibility index (Phi) is 8.29. The summed E-state index contributed by atoms with van der Waals surface area (Å²) in [6, 6.07) is 15.2. The zero-order valence-electron chi connectivity index (χ0n) is 15.3. The van der Waals surface area contributed by atoms with E-state index in [2.05, 4.69) is 18.3 Å². The maximum atomic E-state index is 12.2. The second-order valence-corrected chi connectivity index (χ2v) is 6.45. The molecule has 1 N–H and O–H groups in total. The number of para-hydroxylation sites is 2. The van der Waals surface area contributed by atoms with Crippen LogP contribution < -0.4 is 14.8 Å². The van der Waals surface area contributed by atoms with E-state index in [0.29, 0.717) is 23.9 Å². The van der Waals surface area contributed by atoms with Gasteiger partial charge in [-0.3, -0.25) is 4.79 Å². The predicted molar refractivity (Wildman–Crippen MR) is 105 cm³/mol. The number of carbonyl (C=O) groups excluding carboxylic acids is 1. The van der Waals surface area contributed by atoms with Crippen LogP contribution in [0.2, 0.25) is 5.02 Å². The molecule has 0 bridgehead atoms. The molecule has 140 valence electrons. The van der Waals surface area contributed by atoms with Crippen molar-refractivity contribution in [2.45, 2.75) is 39.2 Å². The van der Waals surface area contributed by atoms with E-state index in [9.17, 15) is 4.79 Å². The highest BCUT2D eigenvalue weighted by atomic mass is 35.5. The molecule has 1 amide bonds. The van der Waals surface area contributed by atoms with Crippen molar-refractivity contribution in [1.82, 2.24) is 5.32 Å². The molecular weight excluding hydrogens is 350 g/mol. The summed E-state index contributed by atoms with van der Waals surface area (Å²) in [4.78, 5) is 12.2. The summed E-state index contributed by atoms with van der Waals surface area (Å²) in [6.07, 6.45) is 2.06. The lowest BCUT2D eigenvalue weighted by atomic mass is 10.1. The highest BCUT2D eigenvalue weighted by Gasteiger charge is 2.15. The number of ether oxygens (including phenoxy) is 2. The Morgan fingerprint density at radius 2 is 1.81 bits per heavy atom. The standard InChI is InChI=1S/C21H26ClNO3/c1-3-15-25-19-12-6-4-9-17(19)10-8-14-23-21(24)16(2)26-20-13-7-5-11-18(20)22/h4-7,9,11-13,16H,3,8,10,14-15H2,1-2H3,(H,23,24)/t16-/m0/s1. The summed E-state index contributed by atoms with van der Waals surface area (Å²) in [6.45, 7) is 5.10. The fourth-order valence-corrected chi connectivity index (χ4v) is 2.66. The molecule has 1 atom stereocenters. The number of rotatable bonds is 10.